The summed E-state index contributed by atoms with van der Waals surface area (Å²) in [5.41, 5.74) is 2.68. The lowest BCUT2D eigenvalue weighted by Gasteiger charge is -2.03. The molecule has 0 unspecified atom stereocenters. The van der Waals surface area contributed by atoms with Crippen molar-refractivity contribution in [3.63, 3.8) is 0 Å². The Hall–Kier alpha value is -1.41. The zero-order chi connectivity index (χ0) is 12.1. The fraction of sp³-hybridized carbons (Fsp3) is 0.200. The molecule has 0 aromatic heterocycles. The number of hydrogen-bond acceptors (Lipinski definition) is 2. The van der Waals surface area contributed by atoms with E-state index in [2.05, 4.69) is 31.2 Å². The van der Waals surface area contributed by atoms with Gasteiger partial charge in [0.25, 0.3) is 0 Å². The summed E-state index contributed by atoms with van der Waals surface area (Å²) in [5, 5.41) is 9.18. The number of aryl methyl sites for hydroxylation is 2. The molecule has 1 N–H and O–H groups in total. The van der Waals surface area contributed by atoms with Crippen LogP contribution >= 0.6 is 11.8 Å². The van der Waals surface area contributed by atoms with E-state index < -0.39 is 0 Å². The van der Waals surface area contributed by atoms with Crippen molar-refractivity contribution in [2.75, 3.05) is 5.75 Å². The third kappa shape index (κ3) is 3.82. The maximum atomic E-state index is 9.18. The molecule has 2 heteroatoms. The Morgan fingerprint density at radius 2 is 1.59 bits per heavy atom. The Kier molecular flexibility index (Phi) is 4.10. The van der Waals surface area contributed by atoms with Crippen molar-refractivity contribution in [1.29, 1.82) is 0 Å². The maximum absolute atomic E-state index is 9.18. The summed E-state index contributed by atoms with van der Waals surface area (Å²) in [6.45, 7) is 2.11. The number of phenolic OH excluding ortho intramolecular Hbond substituents is 1. The highest BCUT2D eigenvalue weighted by molar-refractivity contribution is 7.99. The van der Waals surface area contributed by atoms with Crippen molar-refractivity contribution in [2.24, 2.45) is 0 Å². The summed E-state index contributed by atoms with van der Waals surface area (Å²) in [6, 6.07) is 16.0. The molecule has 2 rings (SSSR count). The van der Waals surface area contributed by atoms with E-state index in [1.165, 1.54) is 16.0 Å². The van der Waals surface area contributed by atoms with Crippen molar-refractivity contribution in [1.82, 2.24) is 0 Å². The van der Waals surface area contributed by atoms with Crippen LogP contribution in [0.5, 0.6) is 5.75 Å². The zero-order valence-corrected chi connectivity index (χ0v) is 10.7. The first-order valence-electron chi connectivity index (χ1n) is 5.71. The van der Waals surface area contributed by atoms with E-state index in [-0.39, 0.29) is 0 Å². The number of aromatic hydroxyl groups is 1. The van der Waals surface area contributed by atoms with Crippen molar-refractivity contribution < 1.29 is 5.11 Å². The van der Waals surface area contributed by atoms with Crippen LogP contribution in [0.2, 0.25) is 0 Å². The third-order valence-electron chi connectivity index (χ3n) is 2.62. The Morgan fingerprint density at radius 3 is 2.24 bits per heavy atom. The van der Waals surface area contributed by atoms with Gasteiger partial charge in [0.2, 0.25) is 0 Å². The smallest absolute Gasteiger partial charge is 0.115 e. The number of thioether (sulfide) groups is 1. The predicted molar refractivity (Wildman–Crippen MR) is 73.7 cm³/mol. The lowest BCUT2D eigenvalue weighted by molar-refractivity contribution is 0.475. The Morgan fingerprint density at radius 1 is 0.941 bits per heavy atom. The molecule has 0 heterocycles. The van der Waals surface area contributed by atoms with Crippen LogP contribution in [0.15, 0.2) is 53.4 Å². The van der Waals surface area contributed by atoms with Gasteiger partial charge in [0.1, 0.15) is 5.75 Å². The van der Waals surface area contributed by atoms with Crippen LogP contribution in [0.3, 0.4) is 0 Å². The molecule has 1 nitrogen and oxygen atoms in total. The van der Waals surface area contributed by atoms with E-state index in [1.807, 2.05) is 23.9 Å². The van der Waals surface area contributed by atoms with Gasteiger partial charge in [-0.1, -0.05) is 29.8 Å². The Balaban J connectivity index is 1.83. The molecular formula is C15H16OS. The van der Waals surface area contributed by atoms with Crippen LogP contribution in [-0.2, 0) is 6.42 Å². The number of phenols is 1. The minimum Gasteiger partial charge on any atom is -0.508 e. The van der Waals surface area contributed by atoms with Crippen molar-refractivity contribution in [2.45, 2.75) is 18.2 Å². The molecule has 88 valence electrons. The maximum Gasteiger partial charge on any atom is 0.115 e. The minimum atomic E-state index is 0.327. The molecule has 17 heavy (non-hydrogen) atoms. The van der Waals surface area contributed by atoms with Gasteiger partial charge < -0.3 is 5.11 Å². The first kappa shape index (κ1) is 12.1. The van der Waals surface area contributed by atoms with E-state index in [0.717, 1.165) is 12.2 Å². The number of benzene rings is 2. The Labute approximate surface area is 107 Å². The summed E-state index contributed by atoms with van der Waals surface area (Å²) in [7, 11) is 0. The molecule has 0 radical (unpaired) electrons. The van der Waals surface area contributed by atoms with Gasteiger partial charge in [-0.15, -0.1) is 11.8 Å². The van der Waals surface area contributed by atoms with Gasteiger partial charge in [0.15, 0.2) is 0 Å². The quantitative estimate of drug-likeness (QED) is 0.819. The van der Waals surface area contributed by atoms with Gasteiger partial charge in [0, 0.05) is 10.6 Å². The van der Waals surface area contributed by atoms with E-state index in [9.17, 15) is 5.11 Å². The average molecular weight is 244 g/mol. The van der Waals surface area contributed by atoms with E-state index in [4.69, 9.17) is 0 Å². The van der Waals surface area contributed by atoms with Crippen molar-refractivity contribution >= 4 is 11.8 Å². The largest absolute Gasteiger partial charge is 0.508 e. The number of rotatable bonds is 4. The van der Waals surface area contributed by atoms with Gasteiger partial charge in [0.05, 0.1) is 0 Å². The summed E-state index contributed by atoms with van der Waals surface area (Å²) in [4.78, 5) is 1.20. The standard InChI is InChI=1S/C15H16OS/c1-12-2-4-13(5-3-12)10-11-17-15-8-6-14(16)7-9-15/h2-9,16H,10-11H2,1H3. The van der Waals surface area contributed by atoms with Gasteiger partial charge >= 0.3 is 0 Å². The van der Waals surface area contributed by atoms with Crippen LogP contribution in [0, 0.1) is 6.92 Å². The van der Waals surface area contributed by atoms with Crippen molar-refractivity contribution in [3.8, 4) is 5.75 Å². The summed E-state index contributed by atoms with van der Waals surface area (Å²) < 4.78 is 0. The molecule has 0 amide bonds. The molecule has 0 bridgehead atoms. The van der Waals surface area contributed by atoms with E-state index >= 15 is 0 Å². The second-order valence-corrected chi connectivity index (χ2v) is 5.25. The molecule has 0 saturated heterocycles. The third-order valence-corrected chi connectivity index (χ3v) is 3.63. The molecule has 2 aromatic rings. The minimum absolute atomic E-state index is 0.327. The van der Waals surface area contributed by atoms with E-state index in [0.29, 0.717) is 5.75 Å². The van der Waals surface area contributed by atoms with Crippen LogP contribution < -0.4 is 0 Å². The highest BCUT2D eigenvalue weighted by Gasteiger charge is 1.96. The van der Waals surface area contributed by atoms with Crippen LogP contribution in [0.1, 0.15) is 11.1 Å². The molecule has 0 aliphatic carbocycles. The zero-order valence-electron chi connectivity index (χ0n) is 9.89. The summed E-state index contributed by atoms with van der Waals surface area (Å²) in [6.07, 6.45) is 1.08. The van der Waals surface area contributed by atoms with Gasteiger partial charge in [-0.3, -0.25) is 0 Å². The fourth-order valence-corrected chi connectivity index (χ4v) is 2.49. The fourth-order valence-electron chi connectivity index (χ4n) is 1.58. The SMILES string of the molecule is Cc1ccc(CCSc2ccc(O)cc2)cc1. The molecule has 0 spiro atoms. The Bertz CT molecular complexity index is 414. The van der Waals surface area contributed by atoms with Crippen LogP contribution in [0.4, 0.5) is 0 Å². The topological polar surface area (TPSA) is 20.2 Å². The average Bonchev–Trinajstić information content (AvgIpc) is 2.34. The number of hydrogen-bond donors (Lipinski definition) is 1. The molecule has 2 aromatic carbocycles. The van der Waals surface area contributed by atoms with Gasteiger partial charge in [-0.25, -0.2) is 0 Å². The molecule has 0 aliphatic rings. The summed E-state index contributed by atoms with van der Waals surface area (Å²) >= 11 is 1.82. The first-order valence-corrected chi connectivity index (χ1v) is 6.70. The highest BCUT2D eigenvalue weighted by atomic mass is 32.2. The second-order valence-electron chi connectivity index (χ2n) is 4.08. The van der Waals surface area contributed by atoms with E-state index in [1.54, 1.807) is 12.1 Å². The van der Waals surface area contributed by atoms with Crippen LogP contribution in [-0.4, -0.2) is 10.9 Å². The monoisotopic (exact) mass is 244 g/mol. The molecule has 0 fully saturated rings. The first-order chi connectivity index (χ1) is 8.24. The summed E-state index contributed by atoms with van der Waals surface area (Å²) in [5.74, 6) is 1.39. The molecule has 0 aliphatic heterocycles. The second kappa shape index (κ2) is 5.78. The predicted octanol–water partition coefficient (Wildman–Crippen LogP) is 4.04. The highest BCUT2D eigenvalue weighted by Crippen LogP contribution is 2.21. The van der Waals surface area contributed by atoms with Crippen molar-refractivity contribution in [3.05, 3.63) is 59.7 Å². The lowest BCUT2D eigenvalue weighted by atomic mass is 10.1. The molecule has 0 atom stereocenters. The van der Waals surface area contributed by atoms with Gasteiger partial charge in [-0.2, -0.15) is 0 Å². The lowest BCUT2D eigenvalue weighted by Crippen LogP contribution is -1.88. The normalized spacial score (nSPS) is 10.4. The molecule has 0 saturated carbocycles. The van der Waals surface area contributed by atoms with Crippen LogP contribution in [0.25, 0.3) is 0 Å². The molecular weight excluding hydrogens is 228 g/mol. The van der Waals surface area contributed by atoms with Gasteiger partial charge in [-0.05, 0) is 43.2 Å².